The highest BCUT2D eigenvalue weighted by Gasteiger charge is 2.10. The van der Waals surface area contributed by atoms with E-state index < -0.39 is 0 Å². The standard InChI is InChI=1S/C12H19NO/c1-5-13-11(8-9(2)3)12-7-6-10(4)14-12/h6-8,11,13H,5H2,1-4H3. The second-order valence-electron chi connectivity index (χ2n) is 3.73. The molecule has 0 spiro atoms. The number of allylic oxidation sites excluding steroid dienone is 1. The van der Waals surface area contributed by atoms with Crippen LogP contribution in [0.2, 0.25) is 0 Å². The van der Waals surface area contributed by atoms with Crippen molar-refractivity contribution in [1.82, 2.24) is 5.32 Å². The summed E-state index contributed by atoms with van der Waals surface area (Å²) in [5.74, 6) is 1.95. The van der Waals surface area contributed by atoms with Crippen LogP contribution in [0.25, 0.3) is 0 Å². The first kappa shape index (κ1) is 11.1. The molecule has 0 fully saturated rings. The Labute approximate surface area is 86.0 Å². The maximum absolute atomic E-state index is 5.59. The summed E-state index contributed by atoms with van der Waals surface area (Å²) in [6.07, 6.45) is 2.18. The highest BCUT2D eigenvalue weighted by Crippen LogP contribution is 2.18. The normalized spacial score (nSPS) is 12.6. The molecule has 0 amide bonds. The average Bonchev–Trinajstić information content (AvgIpc) is 2.50. The quantitative estimate of drug-likeness (QED) is 0.743. The largest absolute Gasteiger partial charge is 0.464 e. The molecule has 2 heteroatoms. The monoisotopic (exact) mass is 193 g/mol. The van der Waals surface area contributed by atoms with Crippen molar-refractivity contribution >= 4 is 0 Å². The minimum atomic E-state index is 0.207. The summed E-state index contributed by atoms with van der Waals surface area (Å²) in [5, 5.41) is 3.37. The van der Waals surface area contributed by atoms with E-state index in [-0.39, 0.29) is 6.04 Å². The van der Waals surface area contributed by atoms with E-state index in [0.29, 0.717) is 0 Å². The van der Waals surface area contributed by atoms with Gasteiger partial charge in [0, 0.05) is 0 Å². The van der Waals surface area contributed by atoms with Crippen LogP contribution in [0.1, 0.15) is 38.3 Å². The summed E-state index contributed by atoms with van der Waals surface area (Å²) >= 11 is 0. The molecule has 2 nitrogen and oxygen atoms in total. The fourth-order valence-electron chi connectivity index (χ4n) is 1.42. The molecular formula is C12H19NO. The Bertz CT molecular complexity index is 308. The van der Waals surface area contributed by atoms with Crippen molar-refractivity contribution < 1.29 is 4.42 Å². The minimum Gasteiger partial charge on any atom is -0.464 e. The lowest BCUT2D eigenvalue weighted by Crippen LogP contribution is -2.18. The second-order valence-corrected chi connectivity index (χ2v) is 3.73. The van der Waals surface area contributed by atoms with Crippen LogP contribution in [0, 0.1) is 6.92 Å². The molecule has 0 bridgehead atoms. The average molecular weight is 193 g/mol. The highest BCUT2D eigenvalue weighted by molar-refractivity contribution is 5.16. The molecule has 0 saturated carbocycles. The number of nitrogens with one attached hydrogen (secondary N) is 1. The molecule has 0 saturated heterocycles. The number of hydrogen-bond donors (Lipinski definition) is 1. The van der Waals surface area contributed by atoms with Gasteiger partial charge < -0.3 is 9.73 Å². The summed E-state index contributed by atoms with van der Waals surface area (Å²) in [6.45, 7) is 9.20. The van der Waals surface area contributed by atoms with Gasteiger partial charge in [-0.15, -0.1) is 0 Å². The number of aryl methyl sites for hydroxylation is 1. The molecule has 0 aliphatic heterocycles. The van der Waals surface area contributed by atoms with E-state index in [0.717, 1.165) is 18.1 Å². The first-order valence-corrected chi connectivity index (χ1v) is 5.08. The van der Waals surface area contributed by atoms with Crippen LogP contribution in [0.15, 0.2) is 28.2 Å². The number of hydrogen-bond acceptors (Lipinski definition) is 2. The Hall–Kier alpha value is -1.02. The Morgan fingerprint density at radius 2 is 2.21 bits per heavy atom. The number of furan rings is 1. The van der Waals surface area contributed by atoms with E-state index in [9.17, 15) is 0 Å². The Morgan fingerprint density at radius 1 is 1.50 bits per heavy atom. The van der Waals surface area contributed by atoms with Crippen LogP contribution in [-0.4, -0.2) is 6.54 Å². The van der Waals surface area contributed by atoms with Gasteiger partial charge in [-0.3, -0.25) is 0 Å². The van der Waals surface area contributed by atoms with Gasteiger partial charge in [0.1, 0.15) is 11.5 Å². The third kappa shape index (κ3) is 3.04. The van der Waals surface area contributed by atoms with Gasteiger partial charge in [0.2, 0.25) is 0 Å². The lowest BCUT2D eigenvalue weighted by Gasteiger charge is -2.11. The molecule has 1 aromatic heterocycles. The maximum atomic E-state index is 5.59. The van der Waals surface area contributed by atoms with E-state index in [1.165, 1.54) is 5.57 Å². The first-order valence-electron chi connectivity index (χ1n) is 5.08. The zero-order chi connectivity index (χ0) is 10.6. The molecule has 1 heterocycles. The molecule has 78 valence electrons. The molecule has 0 aromatic carbocycles. The van der Waals surface area contributed by atoms with Crippen molar-refractivity contribution in [1.29, 1.82) is 0 Å². The van der Waals surface area contributed by atoms with Crippen LogP contribution in [0.4, 0.5) is 0 Å². The summed E-state index contributed by atoms with van der Waals surface area (Å²) in [4.78, 5) is 0. The molecule has 0 aliphatic rings. The number of likely N-dealkylation sites (N-methyl/N-ethyl adjacent to an activating group) is 1. The molecule has 1 N–H and O–H groups in total. The van der Waals surface area contributed by atoms with Crippen LogP contribution in [0.3, 0.4) is 0 Å². The minimum absolute atomic E-state index is 0.207. The zero-order valence-corrected chi connectivity index (χ0v) is 9.42. The van der Waals surface area contributed by atoms with Crippen molar-refractivity contribution in [2.75, 3.05) is 6.54 Å². The van der Waals surface area contributed by atoms with Gasteiger partial charge in [0.05, 0.1) is 6.04 Å². The molecule has 1 aromatic rings. The number of rotatable bonds is 4. The van der Waals surface area contributed by atoms with Gasteiger partial charge in [0.25, 0.3) is 0 Å². The Balaban J connectivity index is 2.82. The summed E-state index contributed by atoms with van der Waals surface area (Å²) < 4.78 is 5.59. The molecule has 1 atom stereocenters. The van der Waals surface area contributed by atoms with Crippen LogP contribution in [0.5, 0.6) is 0 Å². The maximum Gasteiger partial charge on any atom is 0.125 e. The van der Waals surface area contributed by atoms with Gasteiger partial charge in [-0.05, 0) is 39.4 Å². The third-order valence-electron chi connectivity index (χ3n) is 1.99. The van der Waals surface area contributed by atoms with Crippen molar-refractivity contribution in [3.8, 4) is 0 Å². The fourth-order valence-corrected chi connectivity index (χ4v) is 1.42. The predicted octanol–water partition coefficient (Wildman–Crippen LogP) is 3.20. The highest BCUT2D eigenvalue weighted by atomic mass is 16.3. The van der Waals surface area contributed by atoms with E-state index in [2.05, 4.69) is 32.2 Å². The van der Waals surface area contributed by atoms with Crippen molar-refractivity contribution in [3.63, 3.8) is 0 Å². The van der Waals surface area contributed by atoms with Crippen LogP contribution >= 0.6 is 0 Å². The fraction of sp³-hybridized carbons (Fsp3) is 0.500. The topological polar surface area (TPSA) is 25.2 Å². The smallest absolute Gasteiger partial charge is 0.125 e. The molecule has 14 heavy (non-hydrogen) atoms. The first-order chi connectivity index (χ1) is 6.63. The molecule has 0 radical (unpaired) electrons. The molecular weight excluding hydrogens is 174 g/mol. The van der Waals surface area contributed by atoms with Gasteiger partial charge in [-0.2, -0.15) is 0 Å². The molecule has 1 rings (SSSR count). The Kier molecular flexibility index (Phi) is 3.96. The lowest BCUT2D eigenvalue weighted by atomic mass is 10.1. The van der Waals surface area contributed by atoms with E-state index in [1.807, 2.05) is 19.1 Å². The summed E-state index contributed by atoms with van der Waals surface area (Å²) in [5.41, 5.74) is 1.30. The van der Waals surface area contributed by atoms with Crippen molar-refractivity contribution in [2.45, 2.75) is 33.7 Å². The second kappa shape index (κ2) is 5.01. The molecule has 1 unspecified atom stereocenters. The Morgan fingerprint density at radius 3 is 2.64 bits per heavy atom. The lowest BCUT2D eigenvalue weighted by molar-refractivity contribution is 0.439. The van der Waals surface area contributed by atoms with Crippen molar-refractivity contribution in [2.24, 2.45) is 0 Å². The van der Waals surface area contributed by atoms with Crippen LogP contribution in [-0.2, 0) is 0 Å². The van der Waals surface area contributed by atoms with E-state index in [4.69, 9.17) is 4.42 Å². The van der Waals surface area contributed by atoms with E-state index in [1.54, 1.807) is 0 Å². The van der Waals surface area contributed by atoms with E-state index >= 15 is 0 Å². The zero-order valence-electron chi connectivity index (χ0n) is 9.42. The predicted molar refractivity (Wildman–Crippen MR) is 59.3 cm³/mol. The van der Waals surface area contributed by atoms with Gasteiger partial charge in [-0.25, -0.2) is 0 Å². The van der Waals surface area contributed by atoms with Crippen molar-refractivity contribution in [3.05, 3.63) is 35.3 Å². The third-order valence-corrected chi connectivity index (χ3v) is 1.99. The summed E-state index contributed by atoms with van der Waals surface area (Å²) in [6, 6.07) is 4.24. The van der Waals surface area contributed by atoms with Gasteiger partial charge in [0.15, 0.2) is 0 Å². The molecule has 0 aliphatic carbocycles. The van der Waals surface area contributed by atoms with Gasteiger partial charge >= 0.3 is 0 Å². The van der Waals surface area contributed by atoms with Gasteiger partial charge in [-0.1, -0.05) is 18.6 Å². The van der Waals surface area contributed by atoms with Crippen LogP contribution < -0.4 is 5.32 Å². The SMILES string of the molecule is CCNC(C=C(C)C)c1ccc(C)o1. The summed E-state index contributed by atoms with van der Waals surface area (Å²) in [7, 11) is 0.